The fourth-order valence-corrected chi connectivity index (χ4v) is 6.77. The minimum absolute atomic E-state index is 0.886. The number of rotatable bonds is 4. The second-order valence-electron chi connectivity index (χ2n) is 9.75. The van der Waals surface area contributed by atoms with Crippen molar-refractivity contribution < 1.29 is 4.42 Å². The summed E-state index contributed by atoms with van der Waals surface area (Å²) < 4.78 is 9.27. The van der Waals surface area contributed by atoms with E-state index in [0.717, 1.165) is 50.1 Å². The molecule has 39 heavy (non-hydrogen) atoms. The largest absolute Gasteiger partial charge is 0.454 e. The molecule has 0 saturated carbocycles. The monoisotopic (exact) mass is 517 g/mol. The molecule has 2 aromatic heterocycles. The molecule has 3 heteroatoms. The van der Waals surface area contributed by atoms with Crippen molar-refractivity contribution in [1.29, 1.82) is 0 Å². The maximum atomic E-state index is 6.67. The van der Waals surface area contributed by atoms with Crippen LogP contribution in [0.4, 0.5) is 17.1 Å². The zero-order valence-electron chi connectivity index (χ0n) is 21.0. The second-order valence-corrected chi connectivity index (χ2v) is 10.8. The van der Waals surface area contributed by atoms with Gasteiger partial charge in [0.05, 0.1) is 5.69 Å². The number of nitrogens with zero attached hydrogens (tertiary/aromatic N) is 1. The number of anilines is 3. The molecule has 0 aliphatic heterocycles. The maximum absolute atomic E-state index is 6.67. The molecule has 0 atom stereocenters. The van der Waals surface area contributed by atoms with E-state index in [4.69, 9.17) is 4.42 Å². The van der Waals surface area contributed by atoms with Gasteiger partial charge in [-0.1, -0.05) is 91.0 Å². The Balaban J connectivity index is 1.49. The number of hydrogen-bond acceptors (Lipinski definition) is 3. The molecule has 0 unspecified atom stereocenters. The first-order chi connectivity index (χ1) is 19.3. The smallest absolute Gasteiger partial charge is 0.160 e. The van der Waals surface area contributed by atoms with Gasteiger partial charge in [0.15, 0.2) is 5.58 Å². The van der Waals surface area contributed by atoms with E-state index in [1.807, 2.05) is 17.4 Å². The van der Waals surface area contributed by atoms with Crippen LogP contribution in [0.2, 0.25) is 0 Å². The predicted octanol–water partition coefficient (Wildman–Crippen LogP) is 11.1. The van der Waals surface area contributed by atoms with Gasteiger partial charge in [0.1, 0.15) is 5.58 Å². The highest BCUT2D eigenvalue weighted by molar-refractivity contribution is 7.25. The Morgan fingerprint density at radius 2 is 1.18 bits per heavy atom. The van der Waals surface area contributed by atoms with Gasteiger partial charge in [-0.2, -0.15) is 0 Å². The first-order valence-corrected chi connectivity index (χ1v) is 13.9. The normalized spacial score (nSPS) is 11.6. The van der Waals surface area contributed by atoms with Gasteiger partial charge in [0.2, 0.25) is 0 Å². The quantitative estimate of drug-likeness (QED) is 0.231. The molecule has 0 N–H and O–H groups in total. The molecule has 2 heterocycles. The second kappa shape index (κ2) is 8.87. The first kappa shape index (κ1) is 22.2. The van der Waals surface area contributed by atoms with Gasteiger partial charge in [0.25, 0.3) is 0 Å². The summed E-state index contributed by atoms with van der Waals surface area (Å²) in [4.78, 5) is 2.36. The van der Waals surface area contributed by atoms with Gasteiger partial charge >= 0.3 is 0 Å². The summed E-state index contributed by atoms with van der Waals surface area (Å²) in [7, 11) is 0. The van der Waals surface area contributed by atoms with Crippen LogP contribution < -0.4 is 4.90 Å². The minimum atomic E-state index is 0.886. The van der Waals surface area contributed by atoms with Crippen molar-refractivity contribution in [3.05, 3.63) is 140 Å². The van der Waals surface area contributed by atoms with Crippen LogP contribution in [-0.4, -0.2) is 0 Å². The van der Waals surface area contributed by atoms with Gasteiger partial charge in [0, 0.05) is 47.9 Å². The Labute approximate surface area is 230 Å². The Morgan fingerprint density at radius 1 is 0.487 bits per heavy atom. The Hall–Kier alpha value is -4.86. The fraction of sp³-hybridized carbons (Fsp3) is 0. The van der Waals surface area contributed by atoms with Gasteiger partial charge in [-0.05, 0) is 54.1 Å². The summed E-state index contributed by atoms with van der Waals surface area (Å²) in [5.41, 5.74) is 7.28. The molecule has 0 spiro atoms. The average Bonchev–Trinajstić information content (AvgIpc) is 3.57. The van der Waals surface area contributed by atoms with Crippen LogP contribution in [0.25, 0.3) is 53.2 Å². The molecule has 6 aromatic carbocycles. The summed E-state index contributed by atoms with van der Waals surface area (Å²) in [6.07, 6.45) is 0. The van der Waals surface area contributed by atoms with Gasteiger partial charge in [-0.3, -0.25) is 0 Å². The van der Waals surface area contributed by atoms with E-state index in [2.05, 4.69) is 138 Å². The van der Waals surface area contributed by atoms with E-state index in [1.165, 1.54) is 20.2 Å². The van der Waals surface area contributed by atoms with Gasteiger partial charge in [-0.25, -0.2) is 0 Å². The van der Waals surface area contributed by atoms with Crippen LogP contribution in [-0.2, 0) is 0 Å². The summed E-state index contributed by atoms with van der Waals surface area (Å²) in [5, 5.41) is 4.80. The molecule has 8 aromatic rings. The molecule has 184 valence electrons. The standard InChI is InChI=1S/C36H23NOS/c1-3-11-24(12-4-1)27-20-21-30-28-15-7-9-17-32(28)38-36(30)35(27)37(25-13-5-2-6-14-25)26-19-22-34-31(23-26)29-16-8-10-18-33(29)39-34/h1-23H. The molecule has 0 fully saturated rings. The molecular formula is C36H23NOS. The lowest BCUT2D eigenvalue weighted by Gasteiger charge is -2.28. The Bertz CT molecular complexity index is 2120. The van der Waals surface area contributed by atoms with Crippen LogP contribution in [0.15, 0.2) is 144 Å². The predicted molar refractivity (Wildman–Crippen MR) is 167 cm³/mol. The van der Waals surface area contributed by atoms with Gasteiger partial charge < -0.3 is 9.32 Å². The SMILES string of the molecule is c1ccc(-c2ccc3c(oc4ccccc43)c2N(c2ccccc2)c2ccc3sc4ccccc4c3c2)cc1. The van der Waals surface area contributed by atoms with Crippen molar-refractivity contribution in [2.75, 3.05) is 4.90 Å². The van der Waals surface area contributed by atoms with Crippen molar-refractivity contribution in [3.8, 4) is 11.1 Å². The maximum Gasteiger partial charge on any atom is 0.160 e. The van der Waals surface area contributed by atoms with Crippen LogP contribution in [0.1, 0.15) is 0 Å². The van der Waals surface area contributed by atoms with E-state index in [9.17, 15) is 0 Å². The number of hydrogen-bond donors (Lipinski definition) is 0. The molecule has 2 nitrogen and oxygen atoms in total. The molecular weight excluding hydrogens is 494 g/mol. The van der Waals surface area contributed by atoms with Crippen LogP contribution in [0.3, 0.4) is 0 Å². The van der Waals surface area contributed by atoms with Crippen LogP contribution in [0.5, 0.6) is 0 Å². The molecule has 0 aliphatic rings. The highest BCUT2D eigenvalue weighted by atomic mass is 32.1. The van der Waals surface area contributed by atoms with E-state index < -0.39 is 0 Å². The van der Waals surface area contributed by atoms with E-state index in [1.54, 1.807) is 0 Å². The van der Waals surface area contributed by atoms with E-state index >= 15 is 0 Å². The van der Waals surface area contributed by atoms with Crippen molar-refractivity contribution in [2.24, 2.45) is 0 Å². The zero-order valence-corrected chi connectivity index (χ0v) is 21.9. The number of thiophene rings is 1. The summed E-state index contributed by atoms with van der Waals surface area (Å²) >= 11 is 1.84. The molecule has 8 rings (SSSR count). The topological polar surface area (TPSA) is 16.4 Å². The molecule has 0 bridgehead atoms. The Kier molecular flexibility index (Phi) is 5.04. The third kappa shape index (κ3) is 3.55. The summed E-state index contributed by atoms with van der Waals surface area (Å²) in [6, 6.07) is 49.4. The Morgan fingerprint density at radius 3 is 2.03 bits per heavy atom. The van der Waals surface area contributed by atoms with Crippen molar-refractivity contribution in [2.45, 2.75) is 0 Å². The molecule has 0 aliphatic carbocycles. The van der Waals surface area contributed by atoms with Crippen LogP contribution >= 0.6 is 11.3 Å². The van der Waals surface area contributed by atoms with Crippen molar-refractivity contribution in [3.63, 3.8) is 0 Å². The first-order valence-electron chi connectivity index (χ1n) is 13.1. The third-order valence-corrected chi connectivity index (χ3v) is 8.61. The number of fused-ring (bicyclic) bond motifs is 6. The summed E-state index contributed by atoms with van der Waals surface area (Å²) in [5.74, 6) is 0. The van der Waals surface area contributed by atoms with Crippen molar-refractivity contribution in [1.82, 2.24) is 0 Å². The highest BCUT2D eigenvalue weighted by Crippen LogP contribution is 2.48. The highest BCUT2D eigenvalue weighted by Gasteiger charge is 2.24. The van der Waals surface area contributed by atoms with E-state index in [0.29, 0.717) is 0 Å². The third-order valence-electron chi connectivity index (χ3n) is 7.46. The lowest BCUT2D eigenvalue weighted by atomic mass is 9.99. The van der Waals surface area contributed by atoms with E-state index in [-0.39, 0.29) is 0 Å². The van der Waals surface area contributed by atoms with Crippen molar-refractivity contribution >= 4 is 70.5 Å². The lowest BCUT2D eigenvalue weighted by molar-refractivity contribution is 0.669. The number of furan rings is 1. The zero-order chi connectivity index (χ0) is 25.8. The number of para-hydroxylation sites is 2. The summed E-state index contributed by atoms with van der Waals surface area (Å²) in [6.45, 7) is 0. The number of benzene rings is 6. The molecule has 0 radical (unpaired) electrons. The minimum Gasteiger partial charge on any atom is -0.454 e. The molecule has 0 saturated heterocycles. The fourth-order valence-electron chi connectivity index (χ4n) is 5.68. The lowest BCUT2D eigenvalue weighted by Crippen LogP contribution is -2.11. The van der Waals surface area contributed by atoms with Gasteiger partial charge in [-0.15, -0.1) is 11.3 Å². The van der Waals surface area contributed by atoms with Crippen LogP contribution in [0, 0.1) is 0 Å². The molecule has 0 amide bonds. The average molecular weight is 518 g/mol.